The van der Waals surface area contributed by atoms with Crippen LogP contribution in [-0.2, 0) is 16.1 Å². The van der Waals surface area contributed by atoms with Gasteiger partial charge in [-0.15, -0.1) is 6.58 Å². The summed E-state index contributed by atoms with van der Waals surface area (Å²) in [5.41, 5.74) is 0.725. The Hall–Kier alpha value is -1.85. The Balaban J connectivity index is 1.73. The van der Waals surface area contributed by atoms with Gasteiger partial charge in [0.1, 0.15) is 5.60 Å². The van der Waals surface area contributed by atoms with Crippen molar-refractivity contribution in [3.8, 4) is 0 Å². The fourth-order valence-corrected chi connectivity index (χ4v) is 3.06. The van der Waals surface area contributed by atoms with E-state index in [0.29, 0.717) is 13.2 Å². The van der Waals surface area contributed by atoms with Crippen LogP contribution in [0.15, 0.2) is 43.0 Å². The maximum Gasteiger partial charge on any atom is 0.410 e. The van der Waals surface area contributed by atoms with Crippen LogP contribution in [0.25, 0.3) is 0 Å². The Morgan fingerprint density at radius 2 is 1.93 bits per heavy atom. The van der Waals surface area contributed by atoms with Crippen molar-refractivity contribution in [1.29, 1.82) is 0 Å². The molecule has 0 N–H and O–H groups in total. The standard InChI is InChI=1S/C22H34N2O3/c1-5-20(26-18-19-10-7-6-8-11-19)12-15-23-13-9-14-24(17-16-23)21(25)27-22(2,3)4/h5-8,10-11,20H,1,9,12-18H2,2-4H3/t20-/m1/s1. The molecule has 0 aliphatic carbocycles. The topological polar surface area (TPSA) is 42.0 Å². The molecule has 0 bridgehead atoms. The number of benzene rings is 1. The van der Waals surface area contributed by atoms with Gasteiger partial charge >= 0.3 is 6.09 Å². The van der Waals surface area contributed by atoms with Gasteiger partial charge in [0.05, 0.1) is 12.7 Å². The third kappa shape index (κ3) is 8.14. The fourth-order valence-electron chi connectivity index (χ4n) is 3.06. The predicted molar refractivity (Wildman–Crippen MR) is 109 cm³/mol. The van der Waals surface area contributed by atoms with E-state index in [1.54, 1.807) is 0 Å². The van der Waals surface area contributed by atoms with Crippen molar-refractivity contribution in [1.82, 2.24) is 9.80 Å². The van der Waals surface area contributed by atoms with Crippen LogP contribution >= 0.6 is 0 Å². The summed E-state index contributed by atoms with van der Waals surface area (Å²) in [7, 11) is 0. The first-order valence-electron chi connectivity index (χ1n) is 9.86. The monoisotopic (exact) mass is 374 g/mol. The minimum atomic E-state index is -0.448. The Morgan fingerprint density at radius 1 is 1.19 bits per heavy atom. The minimum absolute atomic E-state index is 0.0374. The van der Waals surface area contributed by atoms with Crippen LogP contribution in [-0.4, -0.2) is 60.3 Å². The molecular formula is C22H34N2O3. The summed E-state index contributed by atoms with van der Waals surface area (Å²) in [4.78, 5) is 16.5. The third-order valence-corrected chi connectivity index (χ3v) is 4.54. The zero-order valence-corrected chi connectivity index (χ0v) is 17.0. The molecule has 1 aliphatic rings. The summed E-state index contributed by atoms with van der Waals surface area (Å²) in [6.07, 6.45) is 3.58. The van der Waals surface area contributed by atoms with Gasteiger partial charge in [-0.25, -0.2) is 4.79 Å². The summed E-state index contributed by atoms with van der Waals surface area (Å²) < 4.78 is 11.5. The van der Waals surface area contributed by atoms with Crippen molar-refractivity contribution in [2.45, 2.75) is 51.9 Å². The zero-order valence-electron chi connectivity index (χ0n) is 17.0. The van der Waals surface area contributed by atoms with E-state index in [4.69, 9.17) is 9.47 Å². The largest absolute Gasteiger partial charge is 0.444 e. The fraction of sp³-hybridized carbons (Fsp3) is 0.591. The average Bonchev–Trinajstić information content (AvgIpc) is 2.87. The van der Waals surface area contributed by atoms with Crippen LogP contribution in [0, 0.1) is 0 Å². The molecule has 1 amide bonds. The summed E-state index contributed by atoms with van der Waals surface area (Å²) in [6, 6.07) is 10.2. The number of rotatable bonds is 7. The molecular weight excluding hydrogens is 340 g/mol. The van der Waals surface area contributed by atoms with Gasteiger partial charge in [-0.05, 0) is 45.7 Å². The highest BCUT2D eigenvalue weighted by atomic mass is 16.6. The molecule has 1 aromatic carbocycles. The second-order valence-electron chi connectivity index (χ2n) is 8.02. The Kier molecular flexibility index (Phi) is 8.32. The molecule has 1 aliphatic heterocycles. The highest BCUT2D eigenvalue weighted by molar-refractivity contribution is 5.68. The lowest BCUT2D eigenvalue weighted by molar-refractivity contribution is 0.0255. The number of nitrogens with zero attached hydrogens (tertiary/aromatic N) is 2. The molecule has 5 nitrogen and oxygen atoms in total. The van der Waals surface area contributed by atoms with Gasteiger partial charge in [0, 0.05) is 26.2 Å². The van der Waals surface area contributed by atoms with E-state index < -0.39 is 5.60 Å². The molecule has 150 valence electrons. The highest BCUT2D eigenvalue weighted by Crippen LogP contribution is 2.13. The lowest BCUT2D eigenvalue weighted by atomic mass is 10.2. The van der Waals surface area contributed by atoms with E-state index in [1.165, 1.54) is 5.56 Å². The Morgan fingerprint density at radius 3 is 2.59 bits per heavy atom. The van der Waals surface area contributed by atoms with Crippen LogP contribution in [0.2, 0.25) is 0 Å². The third-order valence-electron chi connectivity index (χ3n) is 4.54. The van der Waals surface area contributed by atoms with Crippen molar-refractivity contribution >= 4 is 6.09 Å². The molecule has 0 unspecified atom stereocenters. The molecule has 1 saturated heterocycles. The van der Waals surface area contributed by atoms with Gasteiger partial charge < -0.3 is 19.3 Å². The quantitative estimate of drug-likeness (QED) is 0.674. The number of hydrogen-bond acceptors (Lipinski definition) is 4. The first-order valence-corrected chi connectivity index (χ1v) is 9.86. The normalized spacial score (nSPS) is 17.2. The number of hydrogen-bond donors (Lipinski definition) is 0. The van der Waals surface area contributed by atoms with Crippen LogP contribution in [0.1, 0.15) is 39.2 Å². The molecule has 0 saturated carbocycles. The van der Waals surface area contributed by atoms with Gasteiger partial charge in [-0.1, -0.05) is 36.4 Å². The highest BCUT2D eigenvalue weighted by Gasteiger charge is 2.24. The molecule has 0 radical (unpaired) electrons. The zero-order chi connectivity index (χ0) is 19.7. The van der Waals surface area contributed by atoms with Crippen molar-refractivity contribution in [3.05, 3.63) is 48.6 Å². The maximum absolute atomic E-state index is 12.3. The first-order chi connectivity index (χ1) is 12.9. The molecule has 1 heterocycles. The Bertz CT molecular complexity index is 583. The first kappa shape index (κ1) is 21.5. The van der Waals surface area contributed by atoms with Gasteiger partial charge in [0.25, 0.3) is 0 Å². The number of carbonyl (C=O) groups is 1. The van der Waals surface area contributed by atoms with Crippen LogP contribution in [0.5, 0.6) is 0 Å². The van der Waals surface area contributed by atoms with E-state index in [-0.39, 0.29) is 12.2 Å². The summed E-state index contributed by atoms with van der Waals surface area (Å²) in [5.74, 6) is 0. The lowest BCUT2D eigenvalue weighted by Crippen LogP contribution is -2.39. The molecule has 1 atom stereocenters. The molecule has 0 spiro atoms. The van der Waals surface area contributed by atoms with E-state index in [1.807, 2.05) is 49.9 Å². The summed E-state index contributed by atoms with van der Waals surface area (Å²) in [6.45, 7) is 14.5. The van der Waals surface area contributed by atoms with E-state index in [2.05, 4.69) is 23.6 Å². The van der Waals surface area contributed by atoms with E-state index in [0.717, 1.165) is 39.0 Å². The molecule has 1 fully saturated rings. The summed E-state index contributed by atoms with van der Waals surface area (Å²) >= 11 is 0. The van der Waals surface area contributed by atoms with Crippen LogP contribution < -0.4 is 0 Å². The second kappa shape index (κ2) is 10.5. The van der Waals surface area contributed by atoms with Crippen LogP contribution in [0.4, 0.5) is 4.79 Å². The van der Waals surface area contributed by atoms with Gasteiger partial charge in [0.2, 0.25) is 0 Å². The van der Waals surface area contributed by atoms with Crippen molar-refractivity contribution < 1.29 is 14.3 Å². The van der Waals surface area contributed by atoms with Gasteiger partial charge in [0.15, 0.2) is 0 Å². The SMILES string of the molecule is C=C[C@H](CCN1CCCN(C(=O)OC(C)(C)C)CC1)OCc1ccccc1. The van der Waals surface area contributed by atoms with E-state index >= 15 is 0 Å². The maximum atomic E-state index is 12.3. The smallest absolute Gasteiger partial charge is 0.410 e. The van der Waals surface area contributed by atoms with Gasteiger partial charge in [-0.3, -0.25) is 0 Å². The average molecular weight is 375 g/mol. The van der Waals surface area contributed by atoms with Gasteiger partial charge in [-0.2, -0.15) is 0 Å². The number of carbonyl (C=O) groups excluding carboxylic acids is 1. The predicted octanol–water partition coefficient (Wildman–Crippen LogP) is 4.09. The lowest BCUT2D eigenvalue weighted by Gasteiger charge is -2.26. The Labute approximate surface area is 163 Å². The molecule has 1 aromatic rings. The van der Waals surface area contributed by atoms with Crippen molar-refractivity contribution in [2.24, 2.45) is 0 Å². The molecule has 2 rings (SSSR count). The van der Waals surface area contributed by atoms with Crippen molar-refractivity contribution in [2.75, 3.05) is 32.7 Å². The van der Waals surface area contributed by atoms with E-state index in [9.17, 15) is 4.79 Å². The number of ether oxygens (including phenoxy) is 2. The van der Waals surface area contributed by atoms with Crippen LogP contribution in [0.3, 0.4) is 0 Å². The minimum Gasteiger partial charge on any atom is -0.444 e. The number of amides is 1. The molecule has 27 heavy (non-hydrogen) atoms. The second-order valence-corrected chi connectivity index (χ2v) is 8.02. The molecule has 0 aromatic heterocycles. The van der Waals surface area contributed by atoms with Crippen molar-refractivity contribution in [3.63, 3.8) is 0 Å². The summed E-state index contributed by atoms with van der Waals surface area (Å²) in [5, 5.41) is 0. The molecule has 5 heteroatoms.